The van der Waals surface area contributed by atoms with Gasteiger partial charge in [-0.3, -0.25) is 4.79 Å². The lowest BCUT2D eigenvalue weighted by Crippen LogP contribution is -2.37. The Balaban J connectivity index is 1.90. The number of carbonyl (C=O) groups excluding carboxylic acids is 1. The van der Waals surface area contributed by atoms with Gasteiger partial charge in [-0.15, -0.1) is 0 Å². The highest BCUT2D eigenvalue weighted by Crippen LogP contribution is 2.29. The number of amides is 1. The lowest BCUT2D eigenvalue weighted by atomic mass is 9.89. The van der Waals surface area contributed by atoms with E-state index >= 15 is 0 Å². The zero-order valence-corrected chi connectivity index (χ0v) is 12.4. The molecule has 1 fully saturated rings. The van der Waals surface area contributed by atoms with Crippen LogP contribution in [0.1, 0.15) is 44.1 Å². The summed E-state index contributed by atoms with van der Waals surface area (Å²) in [5.74, 6) is 0.940. The molecule has 0 radical (unpaired) electrons. The molecule has 2 nitrogen and oxygen atoms in total. The van der Waals surface area contributed by atoms with Crippen LogP contribution in [0.25, 0.3) is 0 Å². The van der Waals surface area contributed by atoms with Gasteiger partial charge in [0, 0.05) is 24.0 Å². The fraction of sp³-hybridized carbons (Fsp3) is 0.533. The van der Waals surface area contributed by atoms with E-state index in [1.807, 2.05) is 4.90 Å². The van der Waals surface area contributed by atoms with Crippen molar-refractivity contribution in [2.24, 2.45) is 0 Å². The summed E-state index contributed by atoms with van der Waals surface area (Å²) in [6, 6.07) is 8.59. The van der Waals surface area contributed by atoms with E-state index in [1.54, 1.807) is 0 Å². The van der Waals surface area contributed by atoms with Gasteiger partial charge in [-0.2, -0.15) is 0 Å². The Labute approximate surface area is 117 Å². The number of hydrogen-bond acceptors (Lipinski definition) is 1. The Bertz CT molecular complexity index is 393. The zero-order chi connectivity index (χ0) is 13.0. The summed E-state index contributed by atoms with van der Waals surface area (Å²) < 4.78 is 1.13. The quantitative estimate of drug-likeness (QED) is 0.827. The third-order valence-electron chi connectivity index (χ3n) is 3.65. The minimum Gasteiger partial charge on any atom is -0.343 e. The highest BCUT2D eigenvalue weighted by atomic mass is 79.9. The number of rotatable bonds is 3. The molecule has 0 atom stereocenters. The monoisotopic (exact) mass is 309 g/mol. The molecule has 0 aromatic heterocycles. The maximum Gasteiger partial charge on any atom is 0.222 e. The van der Waals surface area contributed by atoms with E-state index in [2.05, 4.69) is 47.1 Å². The number of nitrogens with zero attached hydrogens (tertiary/aromatic N) is 1. The van der Waals surface area contributed by atoms with E-state index in [1.165, 1.54) is 5.56 Å². The maximum atomic E-state index is 11.8. The molecule has 1 aliphatic rings. The Kier molecular flexibility index (Phi) is 4.81. The molecule has 1 heterocycles. The van der Waals surface area contributed by atoms with Gasteiger partial charge in [0.25, 0.3) is 0 Å². The predicted molar refractivity (Wildman–Crippen MR) is 77.6 cm³/mol. The van der Waals surface area contributed by atoms with Gasteiger partial charge in [0.15, 0.2) is 0 Å². The summed E-state index contributed by atoms with van der Waals surface area (Å²) in [7, 11) is 0. The fourth-order valence-electron chi connectivity index (χ4n) is 2.57. The standard InChI is InChI=1S/C15H20BrNO/c1-2-3-15(18)17-10-8-13(9-11-17)12-4-6-14(16)7-5-12/h4-7,13H,2-3,8-11H2,1H3. The SMILES string of the molecule is CCCC(=O)N1CCC(c2ccc(Br)cc2)CC1. The highest BCUT2D eigenvalue weighted by molar-refractivity contribution is 9.10. The third kappa shape index (κ3) is 3.35. The lowest BCUT2D eigenvalue weighted by molar-refractivity contribution is -0.132. The predicted octanol–water partition coefficient (Wildman–Crippen LogP) is 3.96. The van der Waals surface area contributed by atoms with Gasteiger partial charge in [0.05, 0.1) is 0 Å². The van der Waals surface area contributed by atoms with Gasteiger partial charge in [-0.05, 0) is 42.9 Å². The molecule has 1 aromatic carbocycles. The zero-order valence-electron chi connectivity index (χ0n) is 10.9. The van der Waals surface area contributed by atoms with E-state index in [9.17, 15) is 4.79 Å². The van der Waals surface area contributed by atoms with Crippen LogP contribution < -0.4 is 0 Å². The Morgan fingerprint density at radius 2 is 1.89 bits per heavy atom. The van der Waals surface area contributed by atoms with Crippen molar-refractivity contribution in [3.05, 3.63) is 34.3 Å². The van der Waals surface area contributed by atoms with Crippen molar-refractivity contribution in [2.75, 3.05) is 13.1 Å². The van der Waals surface area contributed by atoms with Crippen LogP contribution in [0.3, 0.4) is 0 Å². The van der Waals surface area contributed by atoms with Crippen LogP contribution in [-0.4, -0.2) is 23.9 Å². The fourth-order valence-corrected chi connectivity index (χ4v) is 2.83. The first-order chi connectivity index (χ1) is 8.70. The molecule has 1 saturated heterocycles. The van der Waals surface area contributed by atoms with Crippen LogP contribution in [0.4, 0.5) is 0 Å². The summed E-state index contributed by atoms with van der Waals surface area (Å²) in [5.41, 5.74) is 1.40. The van der Waals surface area contributed by atoms with Crippen LogP contribution in [-0.2, 0) is 4.79 Å². The molecule has 0 N–H and O–H groups in total. The maximum absolute atomic E-state index is 11.8. The largest absolute Gasteiger partial charge is 0.343 e. The van der Waals surface area contributed by atoms with Crippen LogP contribution in [0, 0.1) is 0 Å². The molecule has 3 heteroatoms. The molecular weight excluding hydrogens is 290 g/mol. The molecule has 1 aromatic rings. The van der Waals surface area contributed by atoms with Crippen LogP contribution >= 0.6 is 15.9 Å². The first-order valence-corrected chi connectivity index (χ1v) is 7.53. The molecule has 0 unspecified atom stereocenters. The molecule has 98 valence electrons. The van der Waals surface area contributed by atoms with Crippen molar-refractivity contribution in [3.8, 4) is 0 Å². The number of benzene rings is 1. The van der Waals surface area contributed by atoms with E-state index in [0.29, 0.717) is 18.2 Å². The van der Waals surface area contributed by atoms with Gasteiger partial charge < -0.3 is 4.90 Å². The van der Waals surface area contributed by atoms with Gasteiger partial charge in [0.2, 0.25) is 5.91 Å². The van der Waals surface area contributed by atoms with Crippen molar-refractivity contribution in [1.29, 1.82) is 0 Å². The summed E-state index contributed by atoms with van der Waals surface area (Å²) in [4.78, 5) is 13.8. The van der Waals surface area contributed by atoms with Crippen molar-refractivity contribution in [1.82, 2.24) is 4.90 Å². The lowest BCUT2D eigenvalue weighted by Gasteiger charge is -2.32. The highest BCUT2D eigenvalue weighted by Gasteiger charge is 2.22. The smallest absolute Gasteiger partial charge is 0.222 e. The average Bonchev–Trinajstić information content (AvgIpc) is 2.40. The second-order valence-electron chi connectivity index (χ2n) is 4.96. The number of carbonyl (C=O) groups is 1. The van der Waals surface area contributed by atoms with Crippen molar-refractivity contribution in [3.63, 3.8) is 0 Å². The molecule has 0 spiro atoms. The minimum atomic E-state index is 0.326. The topological polar surface area (TPSA) is 20.3 Å². The number of hydrogen-bond donors (Lipinski definition) is 0. The third-order valence-corrected chi connectivity index (χ3v) is 4.18. The Morgan fingerprint density at radius 3 is 2.44 bits per heavy atom. The minimum absolute atomic E-state index is 0.326. The van der Waals surface area contributed by atoms with E-state index < -0.39 is 0 Å². The molecule has 1 aliphatic heterocycles. The summed E-state index contributed by atoms with van der Waals surface area (Å²) in [5, 5.41) is 0. The normalized spacial score (nSPS) is 16.9. The Hall–Kier alpha value is -0.830. The van der Waals surface area contributed by atoms with Crippen molar-refractivity contribution >= 4 is 21.8 Å². The molecule has 18 heavy (non-hydrogen) atoms. The average molecular weight is 310 g/mol. The first-order valence-electron chi connectivity index (χ1n) is 6.74. The number of likely N-dealkylation sites (tertiary alicyclic amines) is 1. The molecule has 2 rings (SSSR count). The summed E-state index contributed by atoms with van der Waals surface area (Å²) in [6.45, 7) is 3.89. The Morgan fingerprint density at radius 1 is 1.28 bits per heavy atom. The van der Waals surface area contributed by atoms with Crippen LogP contribution in [0.5, 0.6) is 0 Å². The molecule has 0 saturated carbocycles. The van der Waals surface area contributed by atoms with Gasteiger partial charge >= 0.3 is 0 Å². The summed E-state index contributed by atoms with van der Waals surface area (Å²) >= 11 is 3.46. The van der Waals surface area contributed by atoms with Crippen molar-refractivity contribution < 1.29 is 4.79 Å². The molecule has 0 aliphatic carbocycles. The van der Waals surface area contributed by atoms with E-state index in [4.69, 9.17) is 0 Å². The molecule has 0 bridgehead atoms. The van der Waals surface area contributed by atoms with Gasteiger partial charge in [0.1, 0.15) is 0 Å². The number of halogens is 1. The van der Waals surface area contributed by atoms with E-state index in [-0.39, 0.29) is 0 Å². The molecular formula is C15H20BrNO. The van der Waals surface area contributed by atoms with Crippen LogP contribution in [0.15, 0.2) is 28.7 Å². The first kappa shape index (κ1) is 13.6. The van der Waals surface area contributed by atoms with Gasteiger partial charge in [-0.1, -0.05) is 35.0 Å². The van der Waals surface area contributed by atoms with Crippen LogP contribution in [0.2, 0.25) is 0 Å². The van der Waals surface area contributed by atoms with Crippen molar-refractivity contribution in [2.45, 2.75) is 38.5 Å². The second kappa shape index (κ2) is 6.37. The number of piperidine rings is 1. The summed E-state index contributed by atoms with van der Waals surface area (Å²) in [6.07, 6.45) is 3.84. The van der Waals surface area contributed by atoms with E-state index in [0.717, 1.165) is 36.8 Å². The van der Waals surface area contributed by atoms with Gasteiger partial charge in [-0.25, -0.2) is 0 Å². The molecule has 1 amide bonds. The second-order valence-corrected chi connectivity index (χ2v) is 5.87.